The molecule has 1 aromatic carbocycles. The van der Waals surface area contributed by atoms with E-state index in [1.807, 2.05) is 6.07 Å². The molecule has 5 nitrogen and oxygen atoms in total. The molecule has 0 bridgehead atoms. The van der Waals surface area contributed by atoms with Gasteiger partial charge < -0.3 is 23.8 Å². The maximum atomic E-state index is 5.64. The SMILES string of the molecule is c1ccc(N(CCOCC2CO2)CCOCC2CO2)cc1. The van der Waals surface area contributed by atoms with Crippen molar-refractivity contribution in [3.63, 3.8) is 0 Å². The predicted octanol–water partition coefficient (Wildman–Crippen LogP) is 1.32. The van der Waals surface area contributed by atoms with Crippen molar-refractivity contribution in [3.05, 3.63) is 30.3 Å². The van der Waals surface area contributed by atoms with Crippen LogP contribution in [0.3, 0.4) is 0 Å². The summed E-state index contributed by atoms with van der Waals surface area (Å²) < 4.78 is 21.5. The van der Waals surface area contributed by atoms with E-state index < -0.39 is 0 Å². The van der Waals surface area contributed by atoms with Crippen LogP contribution in [0.15, 0.2) is 30.3 Å². The van der Waals surface area contributed by atoms with Crippen LogP contribution < -0.4 is 4.90 Å². The van der Waals surface area contributed by atoms with Gasteiger partial charge >= 0.3 is 0 Å². The third-order valence-electron chi connectivity index (χ3n) is 3.54. The first-order valence-corrected chi connectivity index (χ1v) is 7.60. The summed E-state index contributed by atoms with van der Waals surface area (Å²) in [6.45, 7) is 6.25. The average molecular weight is 293 g/mol. The molecular formula is C16H23NO4. The zero-order chi connectivity index (χ0) is 14.3. The summed E-state index contributed by atoms with van der Waals surface area (Å²) in [4.78, 5) is 2.29. The molecule has 2 aliphatic heterocycles. The van der Waals surface area contributed by atoms with Crippen LogP contribution in [-0.4, -0.2) is 64.9 Å². The molecule has 2 unspecified atom stereocenters. The molecule has 0 radical (unpaired) electrons. The molecule has 1 aromatic rings. The van der Waals surface area contributed by atoms with Crippen molar-refractivity contribution in [2.24, 2.45) is 0 Å². The highest BCUT2D eigenvalue weighted by atomic mass is 16.6. The molecule has 0 aliphatic carbocycles. The molecule has 2 saturated heterocycles. The lowest BCUT2D eigenvalue weighted by Crippen LogP contribution is -2.31. The minimum absolute atomic E-state index is 0.331. The van der Waals surface area contributed by atoms with Crippen molar-refractivity contribution in [1.29, 1.82) is 0 Å². The number of epoxide rings is 2. The number of nitrogens with zero attached hydrogens (tertiary/aromatic N) is 1. The van der Waals surface area contributed by atoms with E-state index in [0.717, 1.165) is 26.3 Å². The van der Waals surface area contributed by atoms with E-state index in [2.05, 4.69) is 29.2 Å². The van der Waals surface area contributed by atoms with Crippen LogP contribution in [0.4, 0.5) is 5.69 Å². The number of hydrogen-bond acceptors (Lipinski definition) is 5. The van der Waals surface area contributed by atoms with Crippen LogP contribution in [0.5, 0.6) is 0 Å². The van der Waals surface area contributed by atoms with Gasteiger partial charge in [0.2, 0.25) is 0 Å². The largest absolute Gasteiger partial charge is 0.377 e. The lowest BCUT2D eigenvalue weighted by atomic mass is 10.3. The first-order valence-electron chi connectivity index (χ1n) is 7.60. The lowest BCUT2D eigenvalue weighted by molar-refractivity contribution is 0.111. The number of anilines is 1. The molecule has 0 saturated carbocycles. The standard InChI is InChI=1S/C16H23NO4/c1-2-4-14(5-3-1)17(6-8-18-10-15-12-20-15)7-9-19-11-16-13-21-16/h1-5,15-16H,6-13H2. The van der Waals surface area contributed by atoms with E-state index in [0.29, 0.717) is 38.6 Å². The number of benzene rings is 1. The first-order chi connectivity index (χ1) is 10.4. The monoisotopic (exact) mass is 293 g/mol. The van der Waals surface area contributed by atoms with Gasteiger partial charge in [0.1, 0.15) is 12.2 Å². The fourth-order valence-corrected chi connectivity index (χ4v) is 2.12. The summed E-state index contributed by atoms with van der Waals surface area (Å²) in [5.41, 5.74) is 1.20. The molecular weight excluding hydrogens is 270 g/mol. The molecule has 21 heavy (non-hydrogen) atoms. The van der Waals surface area contributed by atoms with E-state index in [9.17, 15) is 0 Å². The molecule has 116 valence electrons. The average Bonchev–Trinajstić information content (AvgIpc) is 3.41. The number of para-hydroxylation sites is 1. The molecule has 0 amide bonds. The van der Waals surface area contributed by atoms with E-state index >= 15 is 0 Å². The van der Waals surface area contributed by atoms with Crippen molar-refractivity contribution in [2.45, 2.75) is 12.2 Å². The Bertz CT molecular complexity index is 386. The van der Waals surface area contributed by atoms with Crippen molar-refractivity contribution in [2.75, 3.05) is 57.6 Å². The van der Waals surface area contributed by atoms with Gasteiger partial charge in [-0.25, -0.2) is 0 Å². The highest BCUT2D eigenvalue weighted by Gasteiger charge is 2.23. The van der Waals surface area contributed by atoms with Gasteiger partial charge in [-0.05, 0) is 12.1 Å². The van der Waals surface area contributed by atoms with Gasteiger partial charge in [-0.1, -0.05) is 18.2 Å². The number of hydrogen-bond donors (Lipinski definition) is 0. The van der Waals surface area contributed by atoms with Gasteiger partial charge in [-0.2, -0.15) is 0 Å². The van der Waals surface area contributed by atoms with Crippen LogP contribution in [-0.2, 0) is 18.9 Å². The Labute approximate surface area is 125 Å². The molecule has 5 heteroatoms. The molecule has 2 heterocycles. The summed E-state index contributed by atoms with van der Waals surface area (Å²) in [6.07, 6.45) is 0.661. The van der Waals surface area contributed by atoms with E-state index in [1.165, 1.54) is 5.69 Å². The predicted molar refractivity (Wildman–Crippen MR) is 79.8 cm³/mol. The van der Waals surface area contributed by atoms with Crippen molar-refractivity contribution >= 4 is 5.69 Å². The molecule has 0 N–H and O–H groups in total. The van der Waals surface area contributed by atoms with Gasteiger partial charge in [-0.15, -0.1) is 0 Å². The van der Waals surface area contributed by atoms with Gasteiger partial charge in [0, 0.05) is 18.8 Å². The van der Waals surface area contributed by atoms with Gasteiger partial charge in [-0.3, -0.25) is 0 Å². The van der Waals surface area contributed by atoms with Gasteiger partial charge in [0.25, 0.3) is 0 Å². The fraction of sp³-hybridized carbons (Fsp3) is 0.625. The summed E-state index contributed by atoms with van der Waals surface area (Å²) in [5, 5.41) is 0. The van der Waals surface area contributed by atoms with Crippen LogP contribution in [0.2, 0.25) is 0 Å². The quantitative estimate of drug-likeness (QED) is 0.455. The van der Waals surface area contributed by atoms with Crippen LogP contribution in [0.1, 0.15) is 0 Å². The maximum Gasteiger partial charge on any atom is 0.104 e. The third kappa shape index (κ3) is 5.63. The Morgan fingerprint density at radius 1 is 0.905 bits per heavy atom. The van der Waals surface area contributed by atoms with Gasteiger partial charge in [0.15, 0.2) is 0 Å². The summed E-state index contributed by atoms with van der Waals surface area (Å²) in [7, 11) is 0. The van der Waals surface area contributed by atoms with Crippen molar-refractivity contribution < 1.29 is 18.9 Å². The topological polar surface area (TPSA) is 46.8 Å². The smallest absolute Gasteiger partial charge is 0.104 e. The molecule has 3 rings (SSSR count). The van der Waals surface area contributed by atoms with Crippen molar-refractivity contribution in [3.8, 4) is 0 Å². The molecule has 0 aromatic heterocycles. The molecule has 2 atom stereocenters. The highest BCUT2D eigenvalue weighted by Crippen LogP contribution is 2.14. The normalized spacial score (nSPS) is 23.0. The Balaban J connectivity index is 1.39. The molecule has 0 spiro atoms. The van der Waals surface area contributed by atoms with Crippen LogP contribution in [0, 0.1) is 0 Å². The Morgan fingerprint density at radius 3 is 1.90 bits per heavy atom. The second kappa shape index (κ2) is 7.75. The summed E-state index contributed by atoms with van der Waals surface area (Å²) in [5.74, 6) is 0. The molecule has 2 fully saturated rings. The lowest BCUT2D eigenvalue weighted by Gasteiger charge is -2.24. The van der Waals surface area contributed by atoms with Crippen LogP contribution >= 0.6 is 0 Å². The second-order valence-corrected chi connectivity index (χ2v) is 5.38. The van der Waals surface area contributed by atoms with E-state index in [1.54, 1.807) is 0 Å². The zero-order valence-corrected chi connectivity index (χ0v) is 12.3. The number of ether oxygens (including phenoxy) is 4. The van der Waals surface area contributed by atoms with E-state index in [-0.39, 0.29) is 0 Å². The minimum atomic E-state index is 0.331. The third-order valence-corrected chi connectivity index (χ3v) is 3.54. The second-order valence-electron chi connectivity index (χ2n) is 5.38. The van der Waals surface area contributed by atoms with E-state index in [4.69, 9.17) is 18.9 Å². The first kappa shape index (κ1) is 14.8. The highest BCUT2D eigenvalue weighted by molar-refractivity contribution is 5.45. The summed E-state index contributed by atoms with van der Waals surface area (Å²) >= 11 is 0. The van der Waals surface area contributed by atoms with Crippen LogP contribution in [0.25, 0.3) is 0 Å². The van der Waals surface area contributed by atoms with Gasteiger partial charge in [0.05, 0.1) is 39.6 Å². The number of rotatable bonds is 11. The Kier molecular flexibility index (Phi) is 5.46. The fourth-order valence-electron chi connectivity index (χ4n) is 2.12. The maximum absolute atomic E-state index is 5.64. The zero-order valence-electron chi connectivity index (χ0n) is 12.3. The van der Waals surface area contributed by atoms with Crippen molar-refractivity contribution in [1.82, 2.24) is 0 Å². The Hall–Kier alpha value is -1.14. The Morgan fingerprint density at radius 2 is 1.43 bits per heavy atom. The summed E-state index contributed by atoms with van der Waals surface area (Å²) in [6, 6.07) is 10.4. The molecule has 2 aliphatic rings. The minimum Gasteiger partial charge on any atom is -0.377 e.